The van der Waals surface area contributed by atoms with Crippen LogP contribution in [-0.4, -0.2) is 28.7 Å². The van der Waals surface area contributed by atoms with Crippen LogP contribution >= 0.6 is 0 Å². The first-order valence-corrected chi connectivity index (χ1v) is 6.70. The quantitative estimate of drug-likeness (QED) is 0.844. The number of benzene rings is 1. The van der Waals surface area contributed by atoms with E-state index in [1.807, 2.05) is 31.2 Å². The third kappa shape index (κ3) is 2.51. The Morgan fingerprint density at radius 2 is 2.31 bits per heavy atom. The molecule has 1 saturated heterocycles. The molecule has 1 aromatic rings. The van der Waals surface area contributed by atoms with Gasteiger partial charge in [0, 0.05) is 17.5 Å². The molecule has 16 heavy (non-hydrogen) atoms. The topological polar surface area (TPSA) is 52.3 Å². The number of rotatable bonds is 2. The summed E-state index contributed by atoms with van der Waals surface area (Å²) in [4.78, 5) is 0.853. The van der Waals surface area contributed by atoms with Crippen LogP contribution in [0.25, 0.3) is 0 Å². The highest BCUT2D eigenvalue weighted by Crippen LogP contribution is 2.19. The highest BCUT2D eigenvalue weighted by molar-refractivity contribution is 7.85. The van der Waals surface area contributed by atoms with Crippen molar-refractivity contribution in [1.29, 1.82) is 0 Å². The Kier molecular flexibility index (Phi) is 3.74. The third-order valence-electron chi connectivity index (χ3n) is 2.85. The molecule has 1 aromatic carbocycles. The molecule has 0 saturated carbocycles. The lowest BCUT2D eigenvalue weighted by atomic mass is 10.1. The maximum absolute atomic E-state index is 12.3. The van der Waals surface area contributed by atoms with Crippen LogP contribution in [0.1, 0.15) is 12.0 Å². The molecular weight excluding hydrogens is 222 g/mol. The summed E-state index contributed by atoms with van der Waals surface area (Å²) >= 11 is 0. The van der Waals surface area contributed by atoms with E-state index in [-0.39, 0.29) is 11.3 Å². The fraction of sp³-hybridized carbons (Fsp3) is 0.500. The van der Waals surface area contributed by atoms with Crippen LogP contribution in [0.3, 0.4) is 0 Å². The van der Waals surface area contributed by atoms with E-state index in [1.165, 1.54) is 0 Å². The van der Waals surface area contributed by atoms with Crippen LogP contribution < -0.4 is 5.73 Å². The summed E-state index contributed by atoms with van der Waals surface area (Å²) in [7, 11) is -1.06. The molecule has 0 aromatic heterocycles. The molecule has 0 amide bonds. The summed E-state index contributed by atoms with van der Waals surface area (Å²) in [6.07, 6.45) is 0.794. The Morgan fingerprint density at radius 3 is 3.00 bits per heavy atom. The van der Waals surface area contributed by atoms with E-state index in [1.54, 1.807) is 0 Å². The van der Waals surface area contributed by atoms with Crippen molar-refractivity contribution in [2.24, 2.45) is 5.73 Å². The van der Waals surface area contributed by atoms with Crippen LogP contribution in [-0.2, 0) is 15.5 Å². The zero-order valence-electron chi connectivity index (χ0n) is 9.39. The largest absolute Gasteiger partial charge is 0.380 e. The highest BCUT2D eigenvalue weighted by Gasteiger charge is 2.28. The SMILES string of the molecule is Cc1cccc(S(=O)C2COCCC2N)c1. The van der Waals surface area contributed by atoms with Gasteiger partial charge >= 0.3 is 0 Å². The molecule has 0 spiro atoms. The highest BCUT2D eigenvalue weighted by atomic mass is 32.2. The van der Waals surface area contributed by atoms with Crippen molar-refractivity contribution in [2.75, 3.05) is 13.2 Å². The van der Waals surface area contributed by atoms with Gasteiger partial charge in [0.25, 0.3) is 0 Å². The predicted molar refractivity (Wildman–Crippen MR) is 64.8 cm³/mol. The lowest BCUT2D eigenvalue weighted by Gasteiger charge is -2.27. The van der Waals surface area contributed by atoms with Gasteiger partial charge in [-0.15, -0.1) is 0 Å². The maximum atomic E-state index is 12.3. The first kappa shape index (κ1) is 11.8. The normalized spacial score (nSPS) is 27.6. The van der Waals surface area contributed by atoms with Crippen LogP contribution in [0.4, 0.5) is 0 Å². The molecule has 1 heterocycles. The maximum Gasteiger partial charge on any atom is 0.0779 e. The summed E-state index contributed by atoms with van der Waals surface area (Å²) in [6, 6.07) is 7.76. The second-order valence-corrected chi connectivity index (χ2v) is 5.85. The van der Waals surface area contributed by atoms with Crippen molar-refractivity contribution in [3.63, 3.8) is 0 Å². The summed E-state index contributed by atoms with van der Waals surface area (Å²) in [5.74, 6) is 0. The van der Waals surface area contributed by atoms with Gasteiger partial charge in [-0.2, -0.15) is 0 Å². The minimum atomic E-state index is -1.06. The van der Waals surface area contributed by atoms with Gasteiger partial charge in [-0.05, 0) is 31.0 Å². The Hall–Kier alpha value is -0.710. The Morgan fingerprint density at radius 1 is 1.50 bits per heavy atom. The van der Waals surface area contributed by atoms with Crippen molar-refractivity contribution >= 4 is 10.8 Å². The number of hydrogen-bond acceptors (Lipinski definition) is 3. The van der Waals surface area contributed by atoms with Crippen LogP contribution in [0.15, 0.2) is 29.2 Å². The smallest absolute Gasteiger partial charge is 0.0779 e. The Labute approximate surface area is 98.4 Å². The molecule has 2 rings (SSSR count). The summed E-state index contributed by atoms with van der Waals surface area (Å²) in [6.45, 7) is 3.18. The standard InChI is InChI=1S/C12H17NO2S/c1-9-3-2-4-10(7-9)16(14)12-8-15-6-5-11(12)13/h2-4,7,11-12H,5-6,8,13H2,1H3. The van der Waals surface area contributed by atoms with Gasteiger partial charge in [-0.25, -0.2) is 0 Å². The van der Waals surface area contributed by atoms with Gasteiger partial charge in [0.15, 0.2) is 0 Å². The molecule has 0 aliphatic carbocycles. The summed E-state index contributed by atoms with van der Waals surface area (Å²) in [5, 5.41) is -0.0736. The molecule has 1 aliphatic rings. The Bertz CT molecular complexity index is 394. The second kappa shape index (κ2) is 5.08. The van der Waals surface area contributed by atoms with E-state index in [0.717, 1.165) is 16.9 Å². The molecule has 0 radical (unpaired) electrons. The minimum Gasteiger partial charge on any atom is -0.380 e. The summed E-state index contributed by atoms with van der Waals surface area (Å²) in [5.41, 5.74) is 7.10. The molecule has 3 unspecified atom stereocenters. The number of aryl methyl sites for hydroxylation is 1. The molecule has 0 bridgehead atoms. The molecule has 1 fully saturated rings. The molecule has 1 aliphatic heterocycles. The first-order chi connectivity index (χ1) is 7.68. The molecular formula is C12H17NO2S. The lowest BCUT2D eigenvalue weighted by molar-refractivity contribution is 0.0904. The molecule has 3 atom stereocenters. The molecule has 4 heteroatoms. The van der Waals surface area contributed by atoms with Crippen molar-refractivity contribution < 1.29 is 8.95 Å². The molecule has 2 N–H and O–H groups in total. The fourth-order valence-corrected chi connectivity index (χ4v) is 3.40. The first-order valence-electron chi connectivity index (χ1n) is 5.49. The van der Waals surface area contributed by atoms with Crippen molar-refractivity contribution in [3.8, 4) is 0 Å². The van der Waals surface area contributed by atoms with Crippen LogP contribution in [0.5, 0.6) is 0 Å². The third-order valence-corrected chi connectivity index (χ3v) is 4.61. The van der Waals surface area contributed by atoms with Crippen molar-refractivity contribution in [2.45, 2.75) is 29.5 Å². The Balaban J connectivity index is 2.17. The zero-order valence-corrected chi connectivity index (χ0v) is 10.2. The van der Waals surface area contributed by atoms with E-state index in [0.29, 0.717) is 13.2 Å². The van der Waals surface area contributed by atoms with Gasteiger partial charge in [0.1, 0.15) is 0 Å². The van der Waals surface area contributed by atoms with Gasteiger partial charge in [-0.3, -0.25) is 4.21 Å². The average molecular weight is 239 g/mol. The van der Waals surface area contributed by atoms with E-state index in [2.05, 4.69) is 0 Å². The number of hydrogen-bond donors (Lipinski definition) is 1. The number of nitrogens with two attached hydrogens (primary N) is 1. The monoisotopic (exact) mass is 239 g/mol. The van der Waals surface area contributed by atoms with Gasteiger partial charge in [0.2, 0.25) is 0 Å². The van der Waals surface area contributed by atoms with Gasteiger partial charge < -0.3 is 10.5 Å². The van der Waals surface area contributed by atoms with Crippen molar-refractivity contribution in [3.05, 3.63) is 29.8 Å². The zero-order chi connectivity index (χ0) is 11.5. The van der Waals surface area contributed by atoms with E-state index >= 15 is 0 Å². The van der Waals surface area contributed by atoms with Gasteiger partial charge in [-0.1, -0.05) is 12.1 Å². The summed E-state index contributed by atoms with van der Waals surface area (Å²) < 4.78 is 17.7. The molecule has 3 nitrogen and oxygen atoms in total. The van der Waals surface area contributed by atoms with Crippen LogP contribution in [0.2, 0.25) is 0 Å². The fourth-order valence-electron chi connectivity index (χ4n) is 1.86. The lowest BCUT2D eigenvalue weighted by Crippen LogP contribution is -2.45. The minimum absolute atomic E-state index is 0.0184. The van der Waals surface area contributed by atoms with E-state index in [9.17, 15) is 4.21 Å². The predicted octanol–water partition coefficient (Wildman–Crippen LogP) is 1.22. The van der Waals surface area contributed by atoms with Gasteiger partial charge in [0.05, 0.1) is 22.7 Å². The van der Waals surface area contributed by atoms with E-state index in [4.69, 9.17) is 10.5 Å². The van der Waals surface area contributed by atoms with Crippen molar-refractivity contribution in [1.82, 2.24) is 0 Å². The van der Waals surface area contributed by atoms with E-state index < -0.39 is 10.8 Å². The average Bonchev–Trinajstić information content (AvgIpc) is 2.29. The molecule has 88 valence electrons. The number of ether oxygens (including phenoxy) is 1. The van der Waals surface area contributed by atoms with Crippen LogP contribution in [0, 0.1) is 6.92 Å². The second-order valence-electron chi connectivity index (χ2n) is 4.18.